The molecule has 0 amide bonds. The lowest BCUT2D eigenvalue weighted by Gasteiger charge is -2.02. The van der Waals surface area contributed by atoms with E-state index in [0.29, 0.717) is 5.39 Å². The smallest absolute Gasteiger partial charge is 0.338 e. The van der Waals surface area contributed by atoms with Crippen LogP contribution in [0.4, 0.5) is 5.69 Å². The maximum absolute atomic E-state index is 11.6. The number of fused-ring (bicyclic) bond motifs is 1. The number of hydrogen-bond acceptors (Lipinski definition) is 5. The zero-order valence-electron chi connectivity index (χ0n) is 9.00. The Balaban J connectivity index is 2.61. The zero-order valence-corrected chi connectivity index (χ0v) is 9.00. The molecule has 0 atom stereocenters. The first-order valence-electron chi connectivity index (χ1n) is 4.97. The van der Waals surface area contributed by atoms with Crippen molar-refractivity contribution in [2.45, 2.75) is 6.92 Å². The molecule has 0 unspecified atom stereocenters. The fraction of sp³-hybridized carbons (Fsp3) is 0.182. The van der Waals surface area contributed by atoms with Gasteiger partial charge < -0.3 is 9.15 Å². The second kappa shape index (κ2) is 4.25. The van der Waals surface area contributed by atoms with Gasteiger partial charge >= 0.3 is 11.7 Å². The largest absolute Gasteiger partial charge is 0.462 e. The Morgan fingerprint density at radius 1 is 1.47 bits per heavy atom. The Morgan fingerprint density at radius 2 is 2.24 bits per heavy atom. The van der Waals surface area contributed by atoms with Crippen molar-refractivity contribution in [2.24, 2.45) is 0 Å². The minimum Gasteiger partial charge on any atom is -0.462 e. The molecule has 0 saturated carbocycles. The molecule has 0 aliphatic heterocycles. The minimum absolute atomic E-state index is 0.0838. The predicted molar refractivity (Wildman–Crippen MR) is 58.8 cm³/mol. The molecule has 0 spiro atoms. The van der Waals surface area contributed by atoms with Gasteiger partial charge in [0.25, 0.3) is 0 Å². The Hall–Kier alpha value is -2.37. The summed E-state index contributed by atoms with van der Waals surface area (Å²) >= 11 is 0. The summed E-state index contributed by atoms with van der Waals surface area (Å²) in [6.45, 7) is 1.94. The number of carbonyl (C=O) groups is 1. The number of nitrogens with zero attached hydrogens (tertiary/aromatic N) is 1. The summed E-state index contributed by atoms with van der Waals surface area (Å²) < 4.78 is 9.89. The van der Waals surface area contributed by atoms with Gasteiger partial charge in [-0.2, -0.15) is 0 Å². The van der Waals surface area contributed by atoms with Crippen molar-refractivity contribution in [2.75, 3.05) is 6.61 Å². The average Bonchev–Trinajstić information content (AvgIpc) is 2.76. The van der Waals surface area contributed by atoms with Crippen molar-refractivity contribution in [3.63, 3.8) is 0 Å². The quantitative estimate of drug-likeness (QED) is 0.463. The number of esters is 1. The van der Waals surface area contributed by atoms with Crippen LogP contribution in [0.1, 0.15) is 17.3 Å². The third-order valence-corrected chi connectivity index (χ3v) is 2.29. The van der Waals surface area contributed by atoms with Crippen molar-refractivity contribution in [3.8, 4) is 0 Å². The summed E-state index contributed by atoms with van der Waals surface area (Å²) in [5, 5.41) is 11.1. The van der Waals surface area contributed by atoms with Crippen LogP contribution >= 0.6 is 0 Å². The van der Waals surface area contributed by atoms with Gasteiger partial charge in [0, 0.05) is 11.5 Å². The first kappa shape index (κ1) is 11.1. The van der Waals surface area contributed by atoms with Crippen LogP contribution in [0.15, 0.2) is 28.9 Å². The molecule has 1 aromatic carbocycles. The highest BCUT2D eigenvalue weighted by Crippen LogP contribution is 2.29. The van der Waals surface area contributed by atoms with E-state index in [9.17, 15) is 14.9 Å². The molecule has 0 radical (unpaired) electrons. The Bertz CT molecular complexity index is 587. The monoisotopic (exact) mass is 235 g/mol. The first-order chi connectivity index (χ1) is 8.15. The molecule has 0 aliphatic carbocycles. The van der Waals surface area contributed by atoms with Crippen LogP contribution in [0.3, 0.4) is 0 Å². The standard InChI is InChI=1S/C11H9NO5/c1-2-16-11(13)8-3-4-9(12(14)15)10-7(8)5-6-17-10/h3-6H,2H2,1H3. The normalized spacial score (nSPS) is 10.4. The molecular weight excluding hydrogens is 226 g/mol. The molecule has 0 N–H and O–H groups in total. The summed E-state index contributed by atoms with van der Waals surface area (Å²) in [4.78, 5) is 21.8. The zero-order chi connectivity index (χ0) is 12.4. The van der Waals surface area contributed by atoms with Gasteiger partial charge in [-0.25, -0.2) is 4.79 Å². The van der Waals surface area contributed by atoms with E-state index in [1.165, 1.54) is 24.5 Å². The Morgan fingerprint density at radius 3 is 2.88 bits per heavy atom. The van der Waals surface area contributed by atoms with Gasteiger partial charge in [-0.1, -0.05) is 0 Å². The van der Waals surface area contributed by atoms with Gasteiger partial charge in [0.1, 0.15) is 0 Å². The fourth-order valence-electron chi connectivity index (χ4n) is 1.58. The SMILES string of the molecule is CCOC(=O)c1ccc([N+](=O)[O-])c2occc12. The van der Waals surface area contributed by atoms with Crippen molar-refractivity contribution in [3.05, 3.63) is 40.1 Å². The second-order valence-electron chi connectivity index (χ2n) is 3.27. The van der Waals surface area contributed by atoms with Crippen molar-refractivity contribution in [1.29, 1.82) is 0 Å². The van der Waals surface area contributed by atoms with E-state index in [4.69, 9.17) is 9.15 Å². The number of benzene rings is 1. The molecule has 1 aromatic heterocycles. The highest BCUT2D eigenvalue weighted by molar-refractivity contribution is 6.05. The van der Waals surface area contributed by atoms with Gasteiger partial charge in [-0.3, -0.25) is 10.1 Å². The maximum Gasteiger partial charge on any atom is 0.338 e. The van der Waals surface area contributed by atoms with Crippen LogP contribution in [0.5, 0.6) is 0 Å². The molecule has 0 aliphatic rings. The summed E-state index contributed by atoms with van der Waals surface area (Å²) in [6, 6.07) is 4.11. The van der Waals surface area contributed by atoms with Gasteiger partial charge in [-0.05, 0) is 19.1 Å². The van der Waals surface area contributed by atoms with E-state index < -0.39 is 10.9 Å². The number of nitro groups is 1. The molecule has 0 bridgehead atoms. The molecule has 2 rings (SSSR count). The van der Waals surface area contributed by atoms with Gasteiger partial charge in [0.05, 0.1) is 23.4 Å². The van der Waals surface area contributed by atoms with Gasteiger partial charge in [0.2, 0.25) is 5.58 Å². The number of hydrogen-bond donors (Lipinski definition) is 0. The summed E-state index contributed by atoms with van der Waals surface area (Å²) in [6.07, 6.45) is 1.31. The number of carbonyl (C=O) groups excluding carboxylic acids is 1. The number of furan rings is 1. The van der Waals surface area contributed by atoms with Crippen molar-refractivity contribution < 1.29 is 18.9 Å². The molecule has 0 saturated heterocycles. The van der Waals surface area contributed by atoms with Gasteiger partial charge in [0.15, 0.2) is 0 Å². The highest BCUT2D eigenvalue weighted by atomic mass is 16.6. The Labute approximate surface area is 95.9 Å². The van der Waals surface area contributed by atoms with E-state index in [1.54, 1.807) is 6.92 Å². The van der Waals surface area contributed by atoms with Crippen LogP contribution in [0.2, 0.25) is 0 Å². The number of nitro benzene ring substituents is 1. The fourth-order valence-corrected chi connectivity index (χ4v) is 1.58. The van der Waals surface area contributed by atoms with E-state index in [2.05, 4.69) is 0 Å². The van der Waals surface area contributed by atoms with Crippen LogP contribution in [0.25, 0.3) is 11.0 Å². The summed E-state index contributed by atoms with van der Waals surface area (Å²) in [5.41, 5.74) is 0.180. The van der Waals surface area contributed by atoms with Crippen LogP contribution < -0.4 is 0 Å². The lowest BCUT2D eigenvalue weighted by molar-refractivity contribution is -0.383. The maximum atomic E-state index is 11.6. The Kier molecular flexibility index (Phi) is 2.78. The number of rotatable bonds is 3. The van der Waals surface area contributed by atoms with E-state index in [0.717, 1.165) is 0 Å². The minimum atomic E-state index is -0.555. The van der Waals surface area contributed by atoms with E-state index >= 15 is 0 Å². The van der Waals surface area contributed by atoms with Crippen LogP contribution in [-0.2, 0) is 4.74 Å². The summed E-state index contributed by atoms with van der Waals surface area (Å²) in [5.74, 6) is -0.520. The molecule has 88 valence electrons. The lowest BCUT2D eigenvalue weighted by Crippen LogP contribution is -2.05. The van der Waals surface area contributed by atoms with E-state index in [-0.39, 0.29) is 23.4 Å². The molecule has 6 heteroatoms. The molecule has 6 nitrogen and oxygen atoms in total. The topological polar surface area (TPSA) is 82.6 Å². The lowest BCUT2D eigenvalue weighted by atomic mass is 10.1. The van der Waals surface area contributed by atoms with Crippen LogP contribution in [0, 0.1) is 10.1 Å². The molecule has 2 aromatic rings. The third-order valence-electron chi connectivity index (χ3n) is 2.29. The second-order valence-corrected chi connectivity index (χ2v) is 3.27. The summed E-state index contributed by atoms with van der Waals surface area (Å²) in [7, 11) is 0. The van der Waals surface area contributed by atoms with Crippen molar-refractivity contribution in [1.82, 2.24) is 0 Å². The highest BCUT2D eigenvalue weighted by Gasteiger charge is 2.20. The third kappa shape index (κ3) is 1.84. The number of ether oxygens (including phenoxy) is 1. The van der Waals surface area contributed by atoms with Crippen molar-refractivity contribution >= 4 is 22.6 Å². The first-order valence-corrected chi connectivity index (χ1v) is 4.97. The molecule has 17 heavy (non-hydrogen) atoms. The molecule has 1 heterocycles. The number of non-ortho nitro benzene ring substituents is 1. The van der Waals surface area contributed by atoms with Crippen LogP contribution in [-0.4, -0.2) is 17.5 Å². The van der Waals surface area contributed by atoms with Gasteiger partial charge in [-0.15, -0.1) is 0 Å². The molecule has 0 fully saturated rings. The molecular formula is C11H9NO5. The average molecular weight is 235 g/mol. The predicted octanol–water partition coefficient (Wildman–Crippen LogP) is 2.52. The van der Waals surface area contributed by atoms with E-state index in [1.807, 2.05) is 0 Å².